The van der Waals surface area contributed by atoms with Gasteiger partial charge in [0.1, 0.15) is 0 Å². The van der Waals surface area contributed by atoms with E-state index in [2.05, 4.69) is 39.7 Å². The molecule has 1 fully saturated rings. The summed E-state index contributed by atoms with van der Waals surface area (Å²) >= 11 is 2.30. The Bertz CT molecular complexity index is 400. The van der Waals surface area contributed by atoms with Gasteiger partial charge in [0.15, 0.2) is 0 Å². The zero-order valence-corrected chi connectivity index (χ0v) is 12.8. The van der Waals surface area contributed by atoms with Gasteiger partial charge in [-0.2, -0.15) is 0 Å². The highest BCUT2D eigenvalue weighted by Gasteiger charge is 2.18. The molecule has 0 radical (unpaired) electrons. The van der Waals surface area contributed by atoms with Crippen LogP contribution in [0.25, 0.3) is 0 Å². The van der Waals surface area contributed by atoms with Crippen molar-refractivity contribution < 1.29 is 4.74 Å². The summed E-state index contributed by atoms with van der Waals surface area (Å²) in [7, 11) is 0. The van der Waals surface area contributed by atoms with Crippen LogP contribution in [0.15, 0.2) is 18.2 Å². The van der Waals surface area contributed by atoms with Crippen LogP contribution in [0.4, 0.5) is 11.4 Å². The Morgan fingerprint density at radius 2 is 2.39 bits per heavy atom. The van der Waals surface area contributed by atoms with Crippen LogP contribution in [-0.4, -0.2) is 43.8 Å². The lowest BCUT2D eigenvalue weighted by atomic mass is 10.2. The fraction of sp³-hybridized carbons (Fsp3) is 0.538. The number of ether oxygens (including phenoxy) is 1. The maximum atomic E-state index is 5.76. The minimum atomic E-state index is 0.270. The molecule has 0 aliphatic carbocycles. The standard InChI is InChI=1S/C13H20IN3O/c1-2-17-5-6-18-11(9-17)8-16-13-4-3-10(15)7-12(13)14/h3-4,7,11,16H,2,5-6,8-9,15H2,1H3. The molecule has 1 saturated heterocycles. The van der Waals surface area contributed by atoms with Gasteiger partial charge in [-0.05, 0) is 47.3 Å². The minimum absolute atomic E-state index is 0.270. The Kier molecular flexibility index (Phi) is 5.08. The molecule has 3 N–H and O–H groups in total. The predicted octanol–water partition coefficient (Wildman–Crippen LogP) is 2.01. The van der Waals surface area contributed by atoms with E-state index in [0.717, 1.165) is 47.7 Å². The van der Waals surface area contributed by atoms with Gasteiger partial charge in [-0.3, -0.25) is 4.90 Å². The molecule has 0 spiro atoms. The van der Waals surface area contributed by atoms with Crippen LogP contribution in [0.1, 0.15) is 6.92 Å². The molecule has 1 aromatic carbocycles. The summed E-state index contributed by atoms with van der Waals surface area (Å²) in [5.41, 5.74) is 7.67. The van der Waals surface area contributed by atoms with Crippen molar-refractivity contribution in [2.24, 2.45) is 0 Å². The van der Waals surface area contributed by atoms with Gasteiger partial charge in [0.05, 0.1) is 12.7 Å². The zero-order chi connectivity index (χ0) is 13.0. The van der Waals surface area contributed by atoms with E-state index in [4.69, 9.17) is 10.5 Å². The quantitative estimate of drug-likeness (QED) is 0.636. The molecule has 1 aromatic rings. The number of morpholine rings is 1. The number of hydrogen-bond acceptors (Lipinski definition) is 4. The third-order valence-electron chi connectivity index (χ3n) is 3.18. The summed E-state index contributed by atoms with van der Waals surface area (Å²) in [4.78, 5) is 2.42. The summed E-state index contributed by atoms with van der Waals surface area (Å²) in [6.07, 6.45) is 0.270. The first-order chi connectivity index (χ1) is 8.69. The summed E-state index contributed by atoms with van der Waals surface area (Å²) in [5, 5.41) is 3.44. The van der Waals surface area contributed by atoms with Gasteiger partial charge in [0.25, 0.3) is 0 Å². The van der Waals surface area contributed by atoms with E-state index in [0.29, 0.717) is 0 Å². The molecule has 0 saturated carbocycles. The summed E-state index contributed by atoms with van der Waals surface area (Å²) in [6, 6.07) is 5.92. The van der Waals surface area contributed by atoms with E-state index >= 15 is 0 Å². The molecule has 100 valence electrons. The van der Waals surface area contributed by atoms with Crippen LogP contribution in [0.2, 0.25) is 0 Å². The van der Waals surface area contributed by atoms with Crippen LogP contribution < -0.4 is 11.1 Å². The second-order valence-electron chi connectivity index (χ2n) is 4.51. The lowest BCUT2D eigenvalue weighted by Crippen LogP contribution is -2.45. The monoisotopic (exact) mass is 361 g/mol. The number of halogens is 1. The molecule has 0 aromatic heterocycles. The van der Waals surface area contributed by atoms with E-state index in [1.165, 1.54) is 0 Å². The first-order valence-corrected chi connectivity index (χ1v) is 7.39. The van der Waals surface area contributed by atoms with Crippen molar-refractivity contribution in [2.45, 2.75) is 13.0 Å². The van der Waals surface area contributed by atoms with Crippen molar-refractivity contribution >= 4 is 34.0 Å². The summed E-state index contributed by atoms with van der Waals surface area (Å²) in [6.45, 7) is 7.02. The number of rotatable bonds is 4. The van der Waals surface area contributed by atoms with E-state index in [1.54, 1.807) is 0 Å². The Labute approximate surface area is 122 Å². The fourth-order valence-corrected chi connectivity index (χ4v) is 2.82. The van der Waals surface area contributed by atoms with E-state index < -0.39 is 0 Å². The highest BCUT2D eigenvalue weighted by atomic mass is 127. The third-order valence-corrected chi connectivity index (χ3v) is 4.08. The smallest absolute Gasteiger partial charge is 0.0874 e. The summed E-state index contributed by atoms with van der Waals surface area (Å²) < 4.78 is 6.91. The SMILES string of the molecule is CCN1CCOC(CNc2ccc(N)cc2I)C1. The third kappa shape index (κ3) is 3.73. The molecule has 1 atom stereocenters. The predicted molar refractivity (Wildman–Crippen MR) is 83.9 cm³/mol. The first-order valence-electron chi connectivity index (χ1n) is 6.32. The lowest BCUT2D eigenvalue weighted by molar-refractivity contribution is -0.0191. The van der Waals surface area contributed by atoms with Gasteiger partial charge in [-0.15, -0.1) is 0 Å². The molecule has 18 heavy (non-hydrogen) atoms. The fourth-order valence-electron chi connectivity index (χ4n) is 2.09. The molecule has 1 aliphatic rings. The molecule has 1 aliphatic heterocycles. The van der Waals surface area contributed by atoms with Crippen molar-refractivity contribution in [3.63, 3.8) is 0 Å². The number of nitrogens with one attached hydrogen (secondary N) is 1. The minimum Gasteiger partial charge on any atom is -0.399 e. The molecule has 0 bridgehead atoms. The largest absolute Gasteiger partial charge is 0.399 e. The lowest BCUT2D eigenvalue weighted by Gasteiger charge is -2.32. The number of benzene rings is 1. The van der Waals surface area contributed by atoms with Crippen LogP contribution in [0.3, 0.4) is 0 Å². The molecular weight excluding hydrogens is 341 g/mol. The molecule has 0 amide bonds. The van der Waals surface area contributed by atoms with Crippen molar-refractivity contribution in [1.82, 2.24) is 4.90 Å². The van der Waals surface area contributed by atoms with Gasteiger partial charge in [-0.1, -0.05) is 6.92 Å². The molecular formula is C13H20IN3O. The number of hydrogen-bond donors (Lipinski definition) is 2. The highest BCUT2D eigenvalue weighted by Crippen LogP contribution is 2.21. The number of anilines is 2. The Hall–Kier alpha value is -0.530. The normalized spacial score (nSPS) is 20.9. The van der Waals surface area contributed by atoms with Gasteiger partial charge in [0, 0.05) is 34.6 Å². The average molecular weight is 361 g/mol. The Morgan fingerprint density at radius 1 is 1.56 bits per heavy atom. The first kappa shape index (κ1) is 13.9. The molecule has 4 nitrogen and oxygen atoms in total. The van der Waals surface area contributed by atoms with Crippen molar-refractivity contribution in [2.75, 3.05) is 43.8 Å². The van der Waals surface area contributed by atoms with Crippen molar-refractivity contribution in [3.8, 4) is 0 Å². The second-order valence-corrected chi connectivity index (χ2v) is 5.67. The van der Waals surface area contributed by atoms with Gasteiger partial charge >= 0.3 is 0 Å². The van der Waals surface area contributed by atoms with Crippen molar-refractivity contribution in [3.05, 3.63) is 21.8 Å². The van der Waals surface area contributed by atoms with Gasteiger partial charge in [-0.25, -0.2) is 0 Å². The van der Waals surface area contributed by atoms with E-state index in [9.17, 15) is 0 Å². The maximum absolute atomic E-state index is 5.76. The summed E-state index contributed by atoms with van der Waals surface area (Å²) in [5.74, 6) is 0. The van der Waals surface area contributed by atoms with Crippen LogP contribution in [0.5, 0.6) is 0 Å². The van der Waals surface area contributed by atoms with Gasteiger partial charge < -0.3 is 15.8 Å². The topological polar surface area (TPSA) is 50.5 Å². The van der Waals surface area contributed by atoms with E-state index in [1.807, 2.05) is 18.2 Å². The van der Waals surface area contributed by atoms with Crippen LogP contribution >= 0.6 is 22.6 Å². The Morgan fingerprint density at radius 3 is 3.11 bits per heavy atom. The number of nitrogens with zero attached hydrogens (tertiary/aromatic N) is 1. The second kappa shape index (κ2) is 6.58. The Balaban J connectivity index is 1.87. The van der Waals surface area contributed by atoms with Crippen LogP contribution in [0, 0.1) is 3.57 Å². The van der Waals surface area contributed by atoms with Crippen molar-refractivity contribution in [1.29, 1.82) is 0 Å². The highest BCUT2D eigenvalue weighted by molar-refractivity contribution is 14.1. The average Bonchev–Trinajstić information content (AvgIpc) is 2.38. The molecule has 2 rings (SSSR count). The number of nitrogen functional groups attached to an aromatic ring is 1. The zero-order valence-electron chi connectivity index (χ0n) is 10.7. The van der Waals surface area contributed by atoms with Crippen LogP contribution in [-0.2, 0) is 4.74 Å². The molecule has 1 heterocycles. The molecule has 5 heteroatoms. The maximum Gasteiger partial charge on any atom is 0.0874 e. The number of likely N-dealkylation sites (N-methyl/N-ethyl adjacent to an activating group) is 1. The number of nitrogens with two attached hydrogens (primary N) is 1. The van der Waals surface area contributed by atoms with E-state index in [-0.39, 0.29) is 6.10 Å². The molecule has 1 unspecified atom stereocenters. The van der Waals surface area contributed by atoms with Gasteiger partial charge in [0.2, 0.25) is 0 Å².